The van der Waals surface area contributed by atoms with Crippen molar-refractivity contribution in [2.75, 3.05) is 6.61 Å². The van der Waals surface area contributed by atoms with E-state index in [-0.39, 0.29) is 25.0 Å². The Bertz CT molecular complexity index is 1300. The van der Waals surface area contributed by atoms with Crippen LogP contribution in [0.3, 0.4) is 0 Å². The molecule has 2 atom stereocenters. The summed E-state index contributed by atoms with van der Waals surface area (Å²) >= 11 is 0. The highest BCUT2D eigenvalue weighted by Crippen LogP contribution is 2.80. The second-order valence-electron chi connectivity index (χ2n) is 10.1. The van der Waals surface area contributed by atoms with Gasteiger partial charge in [-0.1, -0.05) is 12.1 Å². The van der Waals surface area contributed by atoms with E-state index in [1.165, 1.54) is 24.3 Å². The van der Waals surface area contributed by atoms with E-state index in [2.05, 4.69) is 15.5 Å². The summed E-state index contributed by atoms with van der Waals surface area (Å²) in [5.74, 6) is -6.10. The molecule has 3 fully saturated rings. The summed E-state index contributed by atoms with van der Waals surface area (Å²) in [7, 11) is 0. The summed E-state index contributed by atoms with van der Waals surface area (Å²) in [4.78, 5) is 0. The van der Waals surface area contributed by atoms with Crippen molar-refractivity contribution in [1.29, 1.82) is 0 Å². The molecule has 0 amide bonds. The van der Waals surface area contributed by atoms with Crippen LogP contribution in [0.5, 0.6) is 5.75 Å². The molecule has 0 spiro atoms. The second-order valence-corrected chi connectivity index (χ2v) is 10.1. The van der Waals surface area contributed by atoms with Gasteiger partial charge in [-0.3, -0.25) is 0 Å². The SMILES string of the molecule is O[C@H](COc1ccc(C23CC(C(F)(F)[C@](O)(Cn4cnnn4)c4cc(F)ccc4F)(C2)C3)cc1)C(F)(F)F. The van der Waals surface area contributed by atoms with Gasteiger partial charge in [-0.15, -0.1) is 5.10 Å². The summed E-state index contributed by atoms with van der Waals surface area (Å²) in [5.41, 5.74) is -5.86. The molecular formula is C24H21F7N4O3. The maximum atomic E-state index is 16.2. The highest BCUT2D eigenvalue weighted by atomic mass is 19.4. The molecule has 7 nitrogen and oxygen atoms in total. The number of benzene rings is 2. The van der Waals surface area contributed by atoms with Crippen LogP contribution in [0.4, 0.5) is 30.7 Å². The van der Waals surface area contributed by atoms with Gasteiger partial charge < -0.3 is 14.9 Å². The third-order valence-corrected chi connectivity index (χ3v) is 7.62. The number of rotatable bonds is 9. The molecule has 3 aliphatic rings. The van der Waals surface area contributed by atoms with Gasteiger partial charge in [-0.25, -0.2) is 22.2 Å². The molecule has 14 heteroatoms. The Morgan fingerprint density at radius 3 is 2.24 bits per heavy atom. The lowest BCUT2D eigenvalue weighted by Crippen LogP contribution is -2.76. The van der Waals surface area contributed by atoms with Gasteiger partial charge in [0.25, 0.3) is 5.92 Å². The van der Waals surface area contributed by atoms with Gasteiger partial charge in [0.2, 0.25) is 0 Å². The van der Waals surface area contributed by atoms with Crippen molar-refractivity contribution in [2.24, 2.45) is 5.41 Å². The van der Waals surface area contributed by atoms with E-state index in [9.17, 15) is 27.1 Å². The Morgan fingerprint density at radius 2 is 1.66 bits per heavy atom. The van der Waals surface area contributed by atoms with Gasteiger partial charge in [0.15, 0.2) is 11.7 Å². The van der Waals surface area contributed by atoms with Gasteiger partial charge in [-0.2, -0.15) is 13.2 Å². The number of aliphatic hydroxyl groups excluding tert-OH is 1. The number of ether oxygens (including phenoxy) is 1. The first-order chi connectivity index (χ1) is 17.7. The summed E-state index contributed by atoms with van der Waals surface area (Å²) in [6.45, 7) is -1.93. The molecule has 3 aromatic rings. The van der Waals surface area contributed by atoms with Gasteiger partial charge >= 0.3 is 6.18 Å². The van der Waals surface area contributed by atoms with Crippen molar-refractivity contribution in [3.8, 4) is 5.75 Å². The molecule has 0 aliphatic heterocycles. The summed E-state index contributed by atoms with van der Waals surface area (Å²) in [6.07, 6.45) is -6.74. The minimum atomic E-state index is -4.83. The van der Waals surface area contributed by atoms with Crippen molar-refractivity contribution in [2.45, 2.75) is 55.0 Å². The molecule has 3 saturated carbocycles. The fourth-order valence-electron chi connectivity index (χ4n) is 5.70. The number of aliphatic hydroxyl groups is 2. The van der Waals surface area contributed by atoms with Gasteiger partial charge in [-0.05, 0) is 71.0 Å². The van der Waals surface area contributed by atoms with E-state index < -0.39 is 65.0 Å². The van der Waals surface area contributed by atoms with Gasteiger partial charge in [0, 0.05) is 11.0 Å². The maximum absolute atomic E-state index is 16.2. The number of halogens is 7. The maximum Gasteiger partial charge on any atom is 0.417 e. The highest BCUT2D eigenvalue weighted by Gasteiger charge is 2.82. The molecule has 0 saturated heterocycles. The molecule has 0 radical (unpaired) electrons. The van der Waals surface area contributed by atoms with E-state index in [1.54, 1.807) is 0 Å². The van der Waals surface area contributed by atoms with Crippen LogP contribution in [0.1, 0.15) is 30.4 Å². The molecule has 2 aromatic carbocycles. The van der Waals surface area contributed by atoms with Crippen LogP contribution in [0.15, 0.2) is 48.8 Å². The Kier molecular flexibility index (Phi) is 5.98. The molecule has 0 unspecified atom stereocenters. The molecule has 3 aliphatic carbocycles. The van der Waals surface area contributed by atoms with E-state index in [0.29, 0.717) is 17.7 Å². The Balaban J connectivity index is 1.36. The third kappa shape index (κ3) is 4.01. The van der Waals surface area contributed by atoms with Crippen LogP contribution in [0.2, 0.25) is 0 Å². The zero-order valence-corrected chi connectivity index (χ0v) is 19.5. The van der Waals surface area contributed by atoms with Crippen LogP contribution < -0.4 is 4.74 Å². The number of tetrazole rings is 1. The molecule has 204 valence electrons. The first kappa shape index (κ1) is 26.4. The van der Waals surface area contributed by atoms with Crippen LogP contribution >= 0.6 is 0 Å². The number of hydrogen-bond acceptors (Lipinski definition) is 6. The zero-order chi connectivity index (χ0) is 27.6. The summed E-state index contributed by atoms with van der Waals surface area (Å²) < 4.78 is 104. The van der Waals surface area contributed by atoms with Crippen molar-refractivity contribution < 1.29 is 45.7 Å². The Morgan fingerprint density at radius 1 is 1.00 bits per heavy atom. The second kappa shape index (κ2) is 8.63. The number of alkyl halides is 5. The van der Waals surface area contributed by atoms with E-state index in [0.717, 1.165) is 17.1 Å². The normalized spacial score (nSPS) is 25.2. The zero-order valence-electron chi connectivity index (χ0n) is 19.5. The molecule has 1 aromatic heterocycles. The molecule has 6 rings (SSSR count). The van der Waals surface area contributed by atoms with Crippen molar-refractivity contribution in [3.05, 3.63) is 71.6 Å². The minimum Gasteiger partial charge on any atom is -0.491 e. The lowest BCUT2D eigenvalue weighted by Gasteiger charge is -2.74. The van der Waals surface area contributed by atoms with Gasteiger partial charge in [0.05, 0.1) is 6.54 Å². The number of hydrogen-bond donors (Lipinski definition) is 2. The van der Waals surface area contributed by atoms with Crippen LogP contribution in [0.25, 0.3) is 0 Å². The van der Waals surface area contributed by atoms with Crippen LogP contribution in [0, 0.1) is 17.0 Å². The van der Waals surface area contributed by atoms with Crippen LogP contribution in [-0.2, 0) is 17.6 Å². The minimum absolute atomic E-state index is 0.0566. The molecular weight excluding hydrogens is 525 g/mol. The topological polar surface area (TPSA) is 93.3 Å². The molecule has 2 bridgehead atoms. The molecule has 1 heterocycles. The first-order valence-corrected chi connectivity index (χ1v) is 11.5. The first-order valence-electron chi connectivity index (χ1n) is 11.5. The van der Waals surface area contributed by atoms with E-state index in [1.807, 2.05) is 0 Å². The number of nitrogens with zero attached hydrogens (tertiary/aromatic N) is 4. The third-order valence-electron chi connectivity index (χ3n) is 7.62. The molecule has 38 heavy (non-hydrogen) atoms. The Hall–Kier alpha value is -3.26. The smallest absolute Gasteiger partial charge is 0.417 e. The lowest BCUT2D eigenvalue weighted by molar-refractivity contribution is -0.347. The van der Waals surface area contributed by atoms with Crippen molar-refractivity contribution in [1.82, 2.24) is 20.2 Å². The summed E-state index contributed by atoms with van der Waals surface area (Å²) in [5, 5.41) is 30.6. The summed E-state index contributed by atoms with van der Waals surface area (Å²) in [6, 6.07) is 7.77. The highest BCUT2D eigenvalue weighted by molar-refractivity contribution is 5.44. The number of aromatic nitrogens is 4. The predicted molar refractivity (Wildman–Crippen MR) is 115 cm³/mol. The van der Waals surface area contributed by atoms with Crippen molar-refractivity contribution in [3.63, 3.8) is 0 Å². The fourth-order valence-corrected chi connectivity index (χ4v) is 5.70. The van der Waals surface area contributed by atoms with Crippen molar-refractivity contribution >= 4 is 0 Å². The van der Waals surface area contributed by atoms with E-state index >= 15 is 8.78 Å². The average molecular weight is 546 g/mol. The quantitative estimate of drug-likeness (QED) is 0.396. The largest absolute Gasteiger partial charge is 0.491 e. The molecule has 2 N–H and O–H groups in total. The van der Waals surface area contributed by atoms with E-state index in [4.69, 9.17) is 9.84 Å². The Labute approximate surface area is 210 Å². The predicted octanol–water partition coefficient (Wildman–Crippen LogP) is 3.90. The standard InChI is InChI=1S/C24H21F7N4O3/c25-15-3-6-18(26)17(7-15)22(37,12-35-13-32-33-34-35)24(30,31)21-9-20(10-21,11-21)14-1-4-16(5-2-14)38-8-19(36)23(27,28)29/h1-7,13,19,36-37H,8-12H2/t19-,20?,21?,22+/m1/s1. The fraction of sp³-hybridized carbons (Fsp3) is 0.458. The van der Waals surface area contributed by atoms with Crippen LogP contribution in [-0.4, -0.2) is 55.2 Å². The van der Waals surface area contributed by atoms with Gasteiger partial charge in [0.1, 0.15) is 30.3 Å². The lowest BCUT2D eigenvalue weighted by atomic mass is 9.30. The average Bonchev–Trinajstić information content (AvgIpc) is 3.30. The monoisotopic (exact) mass is 546 g/mol.